The van der Waals surface area contributed by atoms with Crippen LogP contribution in [0.5, 0.6) is 17.2 Å². The van der Waals surface area contributed by atoms with Gasteiger partial charge in [0.2, 0.25) is 5.75 Å². The molecule has 0 aliphatic carbocycles. The molecule has 2 aliphatic rings. The zero-order chi connectivity index (χ0) is 20.6. The average molecular weight is 403 g/mol. The Labute approximate surface area is 158 Å². The van der Waals surface area contributed by atoms with E-state index in [1.54, 1.807) is 0 Å². The first-order chi connectivity index (χ1) is 13.3. The predicted molar refractivity (Wildman–Crippen MR) is 88.1 cm³/mol. The molecule has 0 aromatic heterocycles. The summed E-state index contributed by atoms with van der Waals surface area (Å²) in [6, 6.07) is 2.81. The Hall–Kier alpha value is -2.19. The minimum absolute atomic E-state index is 0.0312. The van der Waals surface area contributed by atoms with Crippen molar-refractivity contribution < 1.29 is 54.1 Å². The first-order valence-electron chi connectivity index (χ1n) is 8.24. The average Bonchev–Trinajstić information content (AvgIpc) is 2.70. The molecule has 0 radical (unpaired) electrons. The number of rotatable bonds is 5. The normalized spacial score (nSPS) is 32.5. The van der Waals surface area contributed by atoms with E-state index in [1.807, 2.05) is 0 Å². The van der Waals surface area contributed by atoms with E-state index >= 15 is 0 Å². The molecule has 1 unspecified atom stereocenters. The first kappa shape index (κ1) is 20.5. The van der Waals surface area contributed by atoms with E-state index in [9.17, 15) is 30.4 Å². The second-order valence-electron chi connectivity index (χ2n) is 6.08. The first-order valence-corrected chi connectivity index (χ1v) is 8.24. The summed E-state index contributed by atoms with van der Waals surface area (Å²) in [6.45, 7) is -0.676. The third-order valence-electron chi connectivity index (χ3n) is 4.45. The third kappa shape index (κ3) is 3.35. The maximum absolute atomic E-state index is 12.4. The quantitative estimate of drug-likeness (QED) is 0.344. The number of hydrogen-bond donors (Lipinski definition) is 5. The third-order valence-corrected chi connectivity index (χ3v) is 4.45. The second-order valence-corrected chi connectivity index (χ2v) is 6.08. The number of ether oxygens (including phenoxy) is 5. The van der Waals surface area contributed by atoms with Crippen LogP contribution in [0, 0.1) is 0 Å². The van der Waals surface area contributed by atoms with Crippen molar-refractivity contribution in [3.63, 3.8) is 0 Å². The summed E-state index contributed by atoms with van der Waals surface area (Å²) < 4.78 is 26.3. The number of amides is 1. The van der Waals surface area contributed by atoms with Gasteiger partial charge in [-0.3, -0.25) is 10.0 Å². The summed E-state index contributed by atoms with van der Waals surface area (Å²) in [5.74, 6) is -0.778. The number of fused-ring (bicyclic) bond motifs is 1. The Morgan fingerprint density at radius 1 is 1.11 bits per heavy atom. The van der Waals surface area contributed by atoms with Gasteiger partial charge in [0.05, 0.1) is 20.8 Å². The molecule has 6 atom stereocenters. The zero-order valence-corrected chi connectivity index (χ0v) is 15.0. The molecule has 28 heavy (non-hydrogen) atoms. The van der Waals surface area contributed by atoms with Crippen molar-refractivity contribution in [3.8, 4) is 17.2 Å². The number of carbonyl (C=O) groups is 1. The Morgan fingerprint density at radius 2 is 1.82 bits per heavy atom. The SMILES string of the molecule is COc1ccc2c(c1OC)OC(O[C@@H]1O[C@H](CO)[C@@H](O)[C@H](O)[C@H]1O)C(=O)N2O. The van der Waals surface area contributed by atoms with Gasteiger partial charge in [-0.2, -0.15) is 5.06 Å². The number of anilines is 1. The molecule has 0 spiro atoms. The van der Waals surface area contributed by atoms with Crippen molar-refractivity contribution in [2.24, 2.45) is 0 Å². The number of hydrogen-bond acceptors (Lipinski definition) is 11. The highest BCUT2D eigenvalue weighted by molar-refractivity contribution is 5.98. The van der Waals surface area contributed by atoms with Gasteiger partial charge < -0.3 is 44.1 Å². The lowest BCUT2D eigenvalue weighted by molar-refractivity contribution is -0.323. The molecule has 156 valence electrons. The number of aliphatic hydroxyl groups excluding tert-OH is 4. The molecular formula is C16H21NO11. The smallest absolute Gasteiger partial charge is 0.320 e. The van der Waals surface area contributed by atoms with Gasteiger partial charge in [-0.15, -0.1) is 0 Å². The van der Waals surface area contributed by atoms with Crippen LogP contribution in [0.25, 0.3) is 0 Å². The van der Waals surface area contributed by atoms with Crippen LogP contribution in [0.15, 0.2) is 12.1 Å². The highest BCUT2D eigenvalue weighted by atomic mass is 16.8. The minimum atomic E-state index is -1.79. The molecule has 1 aromatic carbocycles. The topological polar surface area (TPSA) is 168 Å². The highest BCUT2D eigenvalue weighted by Crippen LogP contribution is 2.47. The molecular weight excluding hydrogens is 382 g/mol. The van der Waals surface area contributed by atoms with Gasteiger partial charge >= 0.3 is 5.91 Å². The molecule has 3 rings (SSSR count). The second kappa shape index (κ2) is 8.05. The van der Waals surface area contributed by atoms with E-state index in [1.165, 1.54) is 26.4 Å². The molecule has 5 N–H and O–H groups in total. The molecule has 2 aliphatic heterocycles. The number of nitrogens with zero attached hydrogens (tertiary/aromatic N) is 1. The van der Waals surface area contributed by atoms with Crippen molar-refractivity contribution in [2.75, 3.05) is 25.9 Å². The van der Waals surface area contributed by atoms with E-state index < -0.39 is 49.5 Å². The zero-order valence-electron chi connectivity index (χ0n) is 15.0. The van der Waals surface area contributed by atoms with Crippen molar-refractivity contribution in [3.05, 3.63) is 12.1 Å². The van der Waals surface area contributed by atoms with Crippen LogP contribution in [0.4, 0.5) is 5.69 Å². The van der Waals surface area contributed by atoms with Crippen molar-refractivity contribution >= 4 is 11.6 Å². The Bertz CT molecular complexity index is 727. The largest absolute Gasteiger partial charge is 0.493 e. The number of carbonyl (C=O) groups excluding carboxylic acids is 1. The van der Waals surface area contributed by atoms with Gasteiger partial charge in [-0.1, -0.05) is 0 Å². The summed E-state index contributed by atoms with van der Waals surface area (Å²) in [5.41, 5.74) is -0.0312. The predicted octanol–water partition coefficient (Wildman–Crippen LogP) is -2.04. The van der Waals surface area contributed by atoms with Crippen LogP contribution < -0.4 is 19.3 Å². The Kier molecular flexibility index (Phi) is 5.90. The number of methoxy groups -OCH3 is 2. The van der Waals surface area contributed by atoms with Crippen LogP contribution in [0.1, 0.15) is 0 Å². The lowest BCUT2D eigenvalue weighted by atomic mass is 9.99. The maximum Gasteiger partial charge on any atom is 0.320 e. The van der Waals surface area contributed by atoms with Crippen molar-refractivity contribution in [1.29, 1.82) is 0 Å². The number of hydroxylamine groups is 1. The van der Waals surface area contributed by atoms with Crippen LogP contribution in [0.3, 0.4) is 0 Å². The summed E-state index contributed by atoms with van der Waals surface area (Å²) >= 11 is 0. The lowest BCUT2D eigenvalue weighted by Crippen LogP contribution is -2.61. The van der Waals surface area contributed by atoms with Crippen LogP contribution >= 0.6 is 0 Å². The summed E-state index contributed by atoms with van der Waals surface area (Å²) in [5, 5.41) is 49.4. The summed E-state index contributed by atoms with van der Waals surface area (Å²) in [7, 11) is 2.71. The molecule has 0 bridgehead atoms. The summed E-state index contributed by atoms with van der Waals surface area (Å²) in [6.07, 6.45) is -9.73. The van der Waals surface area contributed by atoms with Gasteiger partial charge in [-0.05, 0) is 12.1 Å². The molecule has 12 nitrogen and oxygen atoms in total. The van der Waals surface area contributed by atoms with Gasteiger partial charge in [0.15, 0.2) is 17.8 Å². The molecule has 1 fully saturated rings. The van der Waals surface area contributed by atoms with E-state index in [-0.39, 0.29) is 28.0 Å². The minimum Gasteiger partial charge on any atom is -0.493 e. The standard InChI is InChI=1S/C16H21NO11/c1-24-7-4-3-6-12(13(7)25-2)27-16(14(22)17(6)23)28-15-11(21)10(20)9(19)8(5-18)26-15/h3-4,8-11,15-16,18-21,23H,5H2,1-2H3/t8-,9-,10+,11-,15+,16?/m1/s1. The Balaban J connectivity index is 1.87. The van der Waals surface area contributed by atoms with Crippen LogP contribution in [0.2, 0.25) is 0 Å². The fraction of sp³-hybridized carbons (Fsp3) is 0.562. The van der Waals surface area contributed by atoms with E-state index in [0.29, 0.717) is 0 Å². The molecule has 1 aromatic rings. The van der Waals surface area contributed by atoms with Gasteiger partial charge in [0.25, 0.3) is 6.29 Å². The van der Waals surface area contributed by atoms with Gasteiger partial charge in [0, 0.05) is 0 Å². The number of benzene rings is 1. The van der Waals surface area contributed by atoms with E-state index in [2.05, 4.69) is 0 Å². The highest BCUT2D eigenvalue weighted by Gasteiger charge is 2.47. The van der Waals surface area contributed by atoms with Gasteiger partial charge in [0.1, 0.15) is 30.1 Å². The fourth-order valence-electron chi connectivity index (χ4n) is 2.93. The van der Waals surface area contributed by atoms with E-state index in [0.717, 1.165) is 0 Å². The molecule has 2 heterocycles. The van der Waals surface area contributed by atoms with Gasteiger partial charge in [-0.25, -0.2) is 0 Å². The monoisotopic (exact) mass is 403 g/mol. The fourth-order valence-corrected chi connectivity index (χ4v) is 2.93. The molecule has 12 heteroatoms. The Morgan fingerprint density at radius 3 is 2.43 bits per heavy atom. The van der Waals surface area contributed by atoms with Crippen LogP contribution in [-0.4, -0.2) is 89.4 Å². The number of aliphatic hydroxyl groups is 4. The molecule has 1 amide bonds. The van der Waals surface area contributed by atoms with Crippen molar-refractivity contribution in [2.45, 2.75) is 37.0 Å². The van der Waals surface area contributed by atoms with Crippen LogP contribution in [-0.2, 0) is 14.3 Å². The lowest BCUT2D eigenvalue weighted by Gasteiger charge is -2.41. The van der Waals surface area contributed by atoms with E-state index in [4.69, 9.17) is 23.7 Å². The molecule has 1 saturated heterocycles. The summed E-state index contributed by atoms with van der Waals surface area (Å²) in [4.78, 5) is 12.4. The molecule has 0 saturated carbocycles. The van der Waals surface area contributed by atoms with Crippen molar-refractivity contribution in [1.82, 2.24) is 0 Å². The maximum atomic E-state index is 12.4.